The van der Waals surface area contributed by atoms with Crippen molar-refractivity contribution in [3.05, 3.63) is 51.5 Å². The quantitative estimate of drug-likeness (QED) is 0.887. The highest BCUT2D eigenvalue weighted by atomic mass is 32.1. The highest BCUT2D eigenvalue weighted by molar-refractivity contribution is 7.11. The molecule has 1 heterocycles. The topological polar surface area (TPSA) is 42.0 Å². The summed E-state index contributed by atoms with van der Waals surface area (Å²) >= 11 is 1.75. The van der Waals surface area contributed by atoms with Crippen molar-refractivity contribution < 1.29 is 4.79 Å². The second-order valence-corrected chi connectivity index (χ2v) is 7.15. The molecule has 0 spiro atoms. The van der Waals surface area contributed by atoms with Gasteiger partial charge in [-0.1, -0.05) is 37.3 Å². The fraction of sp³-hybridized carbons (Fsp3) is 0.444. The van der Waals surface area contributed by atoms with E-state index >= 15 is 0 Å². The third-order valence-electron chi connectivity index (χ3n) is 4.26. The van der Waals surface area contributed by atoms with Gasteiger partial charge in [0.1, 0.15) is 0 Å². The van der Waals surface area contributed by atoms with E-state index in [1.54, 1.807) is 11.3 Å². The van der Waals surface area contributed by atoms with Crippen molar-refractivity contribution >= 4 is 17.2 Å². The minimum Gasteiger partial charge on any atom is -0.355 e. The van der Waals surface area contributed by atoms with Crippen LogP contribution >= 0.6 is 11.3 Å². The number of hydrogen-bond acceptors (Lipinski definition) is 3. The predicted molar refractivity (Wildman–Crippen MR) is 90.2 cm³/mol. The highest BCUT2D eigenvalue weighted by Crippen LogP contribution is 2.47. The molecule has 0 bridgehead atoms. The second kappa shape index (κ2) is 6.61. The number of thiazole rings is 1. The molecule has 3 nitrogen and oxygen atoms in total. The number of carbonyl (C=O) groups is 1. The van der Waals surface area contributed by atoms with Crippen LogP contribution in [0.3, 0.4) is 0 Å². The third-order valence-corrected chi connectivity index (χ3v) is 5.34. The maximum absolute atomic E-state index is 12.2. The summed E-state index contributed by atoms with van der Waals surface area (Å²) in [6.45, 7) is 4.94. The summed E-state index contributed by atoms with van der Waals surface area (Å²) in [7, 11) is 0. The first-order chi connectivity index (χ1) is 10.7. The number of hydrogen-bond donors (Lipinski definition) is 1. The maximum Gasteiger partial charge on any atom is 0.223 e. The number of aryl methyl sites for hydroxylation is 2. The Morgan fingerprint density at radius 2 is 2.14 bits per heavy atom. The summed E-state index contributed by atoms with van der Waals surface area (Å²) in [5.74, 6) is 0.763. The first-order valence-electron chi connectivity index (χ1n) is 7.97. The summed E-state index contributed by atoms with van der Waals surface area (Å²) in [5, 5.41) is 4.20. The second-order valence-electron chi connectivity index (χ2n) is 5.86. The van der Waals surface area contributed by atoms with E-state index in [1.807, 2.05) is 18.2 Å². The minimum absolute atomic E-state index is 0.159. The fourth-order valence-corrected chi connectivity index (χ4v) is 3.92. The number of aromatic nitrogens is 1. The summed E-state index contributed by atoms with van der Waals surface area (Å²) in [6, 6.07) is 10.3. The molecule has 1 aliphatic rings. The Morgan fingerprint density at radius 3 is 2.82 bits per heavy atom. The molecule has 0 saturated heterocycles. The molecule has 2 atom stereocenters. The highest BCUT2D eigenvalue weighted by Gasteiger charge is 2.43. The number of nitrogens with zero attached hydrogens (tertiary/aromatic N) is 1. The fourth-order valence-electron chi connectivity index (χ4n) is 2.90. The molecule has 1 aromatic heterocycles. The number of benzene rings is 1. The molecule has 1 N–H and O–H groups in total. The molecule has 22 heavy (non-hydrogen) atoms. The van der Waals surface area contributed by atoms with E-state index in [4.69, 9.17) is 0 Å². The summed E-state index contributed by atoms with van der Waals surface area (Å²) in [5.41, 5.74) is 2.48. The van der Waals surface area contributed by atoms with Gasteiger partial charge in [0, 0.05) is 23.8 Å². The smallest absolute Gasteiger partial charge is 0.223 e. The molecule has 1 aliphatic carbocycles. The Morgan fingerprint density at radius 1 is 1.36 bits per heavy atom. The van der Waals surface area contributed by atoms with E-state index in [-0.39, 0.29) is 11.8 Å². The van der Waals surface area contributed by atoms with Gasteiger partial charge in [0.05, 0.1) is 10.7 Å². The van der Waals surface area contributed by atoms with E-state index < -0.39 is 0 Å². The number of carbonyl (C=O) groups excluding carboxylic acids is 1. The Balaban J connectivity index is 1.45. The minimum atomic E-state index is 0.159. The predicted octanol–water partition coefficient (Wildman–Crippen LogP) is 3.48. The first kappa shape index (κ1) is 15.2. The van der Waals surface area contributed by atoms with Gasteiger partial charge in [-0.05, 0) is 31.2 Å². The van der Waals surface area contributed by atoms with Crippen LogP contribution in [0, 0.1) is 12.8 Å². The van der Waals surface area contributed by atoms with Gasteiger partial charge in [-0.3, -0.25) is 4.79 Å². The van der Waals surface area contributed by atoms with Crippen LogP contribution in [0.15, 0.2) is 30.3 Å². The van der Waals surface area contributed by atoms with Crippen LogP contribution in [0.1, 0.15) is 40.4 Å². The largest absolute Gasteiger partial charge is 0.355 e. The molecule has 1 saturated carbocycles. The average molecular weight is 314 g/mol. The van der Waals surface area contributed by atoms with Gasteiger partial charge in [-0.15, -0.1) is 11.3 Å². The molecule has 1 aromatic carbocycles. The van der Waals surface area contributed by atoms with Crippen LogP contribution in [-0.2, 0) is 17.6 Å². The third kappa shape index (κ3) is 3.38. The van der Waals surface area contributed by atoms with Gasteiger partial charge in [-0.2, -0.15) is 0 Å². The lowest BCUT2D eigenvalue weighted by atomic mass is 10.1. The van der Waals surface area contributed by atoms with Crippen molar-refractivity contribution in [1.29, 1.82) is 0 Å². The molecule has 1 fully saturated rings. The molecule has 4 heteroatoms. The monoisotopic (exact) mass is 314 g/mol. The van der Waals surface area contributed by atoms with E-state index in [0.29, 0.717) is 12.5 Å². The molecule has 0 unspecified atom stereocenters. The Labute approximate surface area is 135 Å². The number of nitrogens with one attached hydrogen (secondary N) is 1. The van der Waals surface area contributed by atoms with Crippen molar-refractivity contribution in [2.45, 2.75) is 39.0 Å². The van der Waals surface area contributed by atoms with E-state index in [1.165, 1.54) is 16.1 Å². The van der Waals surface area contributed by atoms with Gasteiger partial charge >= 0.3 is 0 Å². The zero-order chi connectivity index (χ0) is 15.5. The van der Waals surface area contributed by atoms with Gasteiger partial charge in [0.2, 0.25) is 5.91 Å². The van der Waals surface area contributed by atoms with Crippen molar-refractivity contribution in [3.63, 3.8) is 0 Å². The lowest BCUT2D eigenvalue weighted by Crippen LogP contribution is -2.27. The summed E-state index contributed by atoms with van der Waals surface area (Å²) in [4.78, 5) is 18.1. The molecule has 116 valence electrons. The van der Waals surface area contributed by atoms with Crippen molar-refractivity contribution in [1.82, 2.24) is 10.3 Å². The van der Waals surface area contributed by atoms with Crippen LogP contribution in [0.4, 0.5) is 0 Å². The van der Waals surface area contributed by atoms with Gasteiger partial charge in [0.15, 0.2) is 0 Å². The molecule has 3 rings (SSSR count). The molecule has 2 aromatic rings. The Hall–Kier alpha value is -1.68. The first-order valence-corrected chi connectivity index (χ1v) is 8.78. The summed E-state index contributed by atoms with van der Waals surface area (Å²) < 4.78 is 0. The molecular weight excluding hydrogens is 292 g/mol. The van der Waals surface area contributed by atoms with Crippen LogP contribution in [0.25, 0.3) is 0 Å². The molecule has 0 radical (unpaired) electrons. The maximum atomic E-state index is 12.2. The van der Waals surface area contributed by atoms with Crippen molar-refractivity contribution in [2.24, 2.45) is 5.92 Å². The zero-order valence-electron chi connectivity index (χ0n) is 13.1. The normalized spacial score (nSPS) is 19.9. The van der Waals surface area contributed by atoms with Gasteiger partial charge in [0.25, 0.3) is 0 Å². The van der Waals surface area contributed by atoms with Crippen molar-refractivity contribution in [2.75, 3.05) is 6.54 Å². The van der Waals surface area contributed by atoms with Crippen LogP contribution in [-0.4, -0.2) is 17.4 Å². The zero-order valence-corrected chi connectivity index (χ0v) is 14.0. The van der Waals surface area contributed by atoms with Crippen LogP contribution in [0.5, 0.6) is 0 Å². The molecular formula is C18H22N2OS. The van der Waals surface area contributed by atoms with E-state index in [9.17, 15) is 4.79 Å². The van der Waals surface area contributed by atoms with E-state index in [0.717, 1.165) is 24.3 Å². The van der Waals surface area contributed by atoms with Crippen LogP contribution in [0.2, 0.25) is 0 Å². The molecule has 0 aliphatic heterocycles. The standard InChI is InChI=1S/C18H22N2OS/c1-3-16-12(2)22-17(20-16)9-10-19-18(21)15-11-14(15)13-7-5-4-6-8-13/h4-8,14-15H,3,9-11H2,1-2H3,(H,19,21)/t14-,15-/m0/s1. The van der Waals surface area contributed by atoms with E-state index in [2.05, 4.69) is 36.3 Å². The van der Waals surface area contributed by atoms with Gasteiger partial charge < -0.3 is 5.32 Å². The Bertz CT molecular complexity index is 650. The lowest BCUT2D eigenvalue weighted by molar-refractivity contribution is -0.122. The summed E-state index contributed by atoms with van der Waals surface area (Å²) in [6.07, 6.45) is 2.79. The Kier molecular flexibility index (Phi) is 4.57. The van der Waals surface area contributed by atoms with Crippen molar-refractivity contribution in [3.8, 4) is 0 Å². The number of rotatable bonds is 6. The number of amides is 1. The van der Waals surface area contributed by atoms with Crippen LogP contribution < -0.4 is 5.32 Å². The van der Waals surface area contributed by atoms with Gasteiger partial charge in [-0.25, -0.2) is 4.98 Å². The molecule has 1 amide bonds. The SMILES string of the molecule is CCc1nc(CCNC(=O)[C@H]2C[C@H]2c2ccccc2)sc1C. The lowest BCUT2D eigenvalue weighted by Gasteiger charge is -2.03. The average Bonchev–Trinajstić information content (AvgIpc) is 3.26.